The van der Waals surface area contributed by atoms with Gasteiger partial charge in [0.1, 0.15) is 11.5 Å². The normalized spacial score (nSPS) is 17.4. The van der Waals surface area contributed by atoms with Gasteiger partial charge in [0.15, 0.2) is 29.7 Å². The topological polar surface area (TPSA) is 90.9 Å². The van der Waals surface area contributed by atoms with Gasteiger partial charge in [-0.1, -0.05) is 23.7 Å². The van der Waals surface area contributed by atoms with E-state index in [4.69, 9.17) is 25.8 Å². The number of ketones is 2. The van der Waals surface area contributed by atoms with Crippen molar-refractivity contribution in [2.24, 2.45) is 0 Å². The first-order chi connectivity index (χ1) is 18.8. The average molecular weight is 550 g/mol. The minimum absolute atomic E-state index is 0.0105. The van der Waals surface area contributed by atoms with Gasteiger partial charge in [-0.15, -0.1) is 0 Å². The molecule has 0 fully saturated rings. The number of aryl methyl sites for hydroxylation is 1. The van der Waals surface area contributed by atoms with Crippen molar-refractivity contribution in [2.75, 3.05) is 18.5 Å². The lowest BCUT2D eigenvalue weighted by molar-refractivity contribution is -0.119. The van der Waals surface area contributed by atoms with E-state index in [0.29, 0.717) is 66.3 Å². The van der Waals surface area contributed by atoms with Gasteiger partial charge in [0, 0.05) is 48.4 Å². The van der Waals surface area contributed by atoms with Crippen molar-refractivity contribution in [3.8, 4) is 11.5 Å². The number of benzene rings is 2. The molecule has 2 aliphatic carbocycles. The molecule has 3 aliphatic rings. The van der Waals surface area contributed by atoms with Gasteiger partial charge in [0.05, 0.1) is 11.6 Å². The Morgan fingerprint density at radius 3 is 2.31 bits per heavy atom. The number of rotatable bonds is 7. The summed E-state index contributed by atoms with van der Waals surface area (Å²) in [5.41, 5.74) is 4.52. The SMILES string of the molecule is CCOc1cc(C2C3=C(CCCC3=O)OC3=C2C(=O)CCC3)cc(Cl)c1OCC(=O)Nc1cccc(C)c1C. The van der Waals surface area contributed by atoms with Crippen molar-refractivity contribution in [3.63, 3.8) is 0 Å². The predicted molar refractivity (Wildman–Crippen MR) is 148 cm³/mol. The quantitative estimate of drug-likeness (QED) is 0.424. The number of halogens is 1. The van der Waals surface area contributed by atoms with Crippen LogP contribution in [-0.2, 0) is 19.1 Å². The molecule has 0 atom stereocenters. The molecule has 0 saturated carbocycles. The molecule has 204 valence electrons. The standard InChI is InChI=1S/C31H32ClNO6/c1-4-37-26-15-19(14-20(32)31(26)38-16-27(36)33-21-9-5-8-17(2)18(21)3)28-29-22(34)10-6-12-24(29)39-25-13-7-11-23(35)30(25)28/h5,8-9,14-15,28H,4,6-7,10-13,16H2,1-3H3,(H,33,36). The summed E-state index contributed by atoms with van der Waals surface area (Å²) in [6.07, 6.45) is 3.60. The zero-order chi connectivity index (χ0) is 27.7. The van der Waals surface area contributed by atoms with Gasteiger partial charge in [0.25, 0.3) is 5.91 Å². The van der Waals surface area contributed by atoms with Crippen LogP contribution in [0.5, 0.6) is 11.5 Å². The first-order valence-corrected chi connectivity index (χ1v) is 13.8. The molecule has 0 spiro atoms. The lowest BCUT2D eigenvalue weighted by Crippen LogP contribution is -2.30. The number of Topliss-reactive ketones (excluding diaryl/α,β-unsaturated/α-hetero) is 2. The highest BCUT2D eigenvalue weighted by atomic mass is 35.5. The fourth-order valence-corrected chi connectivity index (χ4v) is 5.79. The van der Waals surface area contributed by atoms with Gasteiger partial charge >= 0.3 is 0 Å². The highest BCUT2D eigenvalue weighted by Crippen LogP contribution is 2.50. The molecular weight excluding hydrogens is 518 g/mol. The van der Waals surface area contributed by atoms with Crippen LogP contribution in [0, 0.1) is 13.8 Å². The maximum atomic E-state index is 13.1. The third kappa shape index (κ3) is 5.33. The maximum Gasteiger partial charge on any atom is 0.262 e. The zero-order valence-electron chi connectivity index (χ0n) is 22.4. The fourth-order valence-electron chi connectivity index (χ4n) is 5.52. The predicted octanol–water partition coefficient (Wildman–Crippen LogP) is 6.50. The Balaban J connectivity index is 1.47. The number of anilines is 1. The van der Waals surface area contributed by atoms with Gasteiger partial charge in [-0.05, 0) is 68.5 Å². The van der Waals surface area contributed by atoms with Crippen molar-refractivity contribution in [1.82, 2.24) is 0 Å². The summed E-state index contributed by atoms with van der Waals surface area (Å²) in [7, 11) is 0. The van der Waals surface area contributed by atoms with E-state index >= 15 is 0 Å². The second-order valence-electron chi connectivity index (χ2n) is 10.1. The van der Waals surface area contributed by atoms with E-state index < -0.39 is 5.92 Å². The van der Waals surface area contributed by atoms with E-state index in [2.05, 4.69) is 5.32 Å². The number of nitrogens with one attached hydrogen (secondary N) is 1. The monoisotopic (exact) mass is 549 g/mol. The molecule has 8 heteroatoms. The molecule has 1 heterocycles. The summed E-state index contributed by atoms with van der Waals surface area (Å²) in [6.45, 7) is 5.82. The molecule has 5 rings (SSSR count). The van der Waals surface area contributed by atoms with Crippen LogP contribution in [0.3, 0.4) is 0 Å². The Labute approximate surface area is 233 Å². The minimum Gasteiger partial charge on any atom is -0.490 e. The summed E-state index contributed by atoms with van der Waals surface area (Å²) in [5, 5.41) is 3.11. The molecule has 1 amide bonds. The Bertz CT molecular complexity index is 1380. The molecule has 0 aromatic heterocycles. The van der Waals surface area contributed by atoms with Crippen LogP contribution < -0.4 is 14.8 Å². The van der Waals surface area contributed by atoms with E-state index in [0.717, 1.165) is 29.7 Å². The van der Waals surface area contributed by atoms with E-state index in [9.17, 15) is 14.4 Å². The van der Waals surface area contributed by atoms with Crippen molar-refractivity contribution in [3.05, 3.63) is 74.7 Å². The second-order valence-corrected chi connectivity index (χ2v) is 10.5. The molecule has 1 aliphatic heterocycles. The van der Waals surface area contributed by atoms with E-state index in [-0.39, 0.29) is 34.9 Å². The van der Waals surface area contributed by atoms with E-state index in [1.165, 1.54) is 0 Å². The number of carbonyl (C=O) groups is 3. The van der Waals surface area contributed by atoms with E-state index in [1.54, 1.807) is 12.1 Å². The molecule has 1 N–H and O–H groups in total. The molecule has 2 aromatic rings. The maximum absolute atomic E-state index is 13.1. The molecule has 0 unspecified atom stereocenters. The highest BCUT2D eigenvalue weighted by molar-refractivity contribution is 6.32. The average Bonchev–Trinajstić information content (AvgIpc) is 2.90. The number of amides is 1. The summed E-state index contributed by atoms with van der Waals surface area (Å²) < 4.78 is 17.9. The van der Waals surface area contributed by atoms with Gasteiger partial charge in [-0.2, -0.15) is 0 Å². The molecular formula is C31H32ClNO6. The fraction of sp³-hybridized carbons (Fsp3) is 0.387. The number of carbonyl (C=O) groups excluding carboxylic acids is 3. The van der Waals surface area contributed by atoms with E-state index in [1.807, 2.05) is 39.0 Å². The van der Waals surface area contributed by atoms with Crippen LogP contribution in [0.4, 0.5) is 5.69 Å². The van der Waals surface area contributed by atoms with Crippen molar-refractivity contribution in [1.29, 1.82) is 0 Å². The summed E-state index contributed by atoms with van der Waals surface area (Å²) in [4.78, 5) is 39.0. The summed E-state index contributed by atoms with van der Waals surface area (Å²) in [5.74, 6) is 0.973. The van der Waals surface area contributed by atoms with Crippen molar-refractivity contribution in [2.45, 2.75) is 65.2 Å². The van der Waals surface area contributed by atoms with Crippen LogP contribution in [0.25, 0.3) is 0 Å². The highest BCUT2D eigenvalue weighted by Gasteiger charge is 2.42. The zero-order valence-corrected chi connectivity index (χ0v) is 23.2. The Kier molecular flexibility index (Phi) is 7.80. The number of allylic oxidation sites excluding steroid dienone is 4. The van der Waals surface area contributed by atoms with Crippen LogP contribution in [0.1, 0.15) is 68.1 Å². The largest absolute Gasteiger partial charge is 0.490 e. The lowest BCUT2D eigenvalue weighted by atomic mass is 9.73. The summed E-state index contributed by atoms with van der Waals surface area (Å²) in [6, 6.07) is 9.18. The summed E-state index contributed by atoms with van der Waals surface area (Å²) >= 11 is 6.73. The van der Waals surface area contributed by atoms with Crippen LogP contribution in [0.2, 0.25) is 5.02 Å². The van der Waals surface area contributed by atoms with Crippen LogP contribution in [0.15, 0.2) is 53.0 Å². The third-order valence-electron chi connectivity index (χ3n) is 7.53. The van der Waals surface area contributed by atoms with Crippen LogP contribution in [-0.4, -0.2) is 30.7 Å². The number of hydrogen-bond acceptors (Lipinski definition) is 6. The first kappa shape index (κ1) is 27.0. The van der Waals surface area contributed by atoms with Gasteiger partial charge < -0.3 is 19.5 Å². The molecule has 0 radical (unpaired) electrons. The van der Waals surface area contributed by atoms with Crippen LogP contribution >= 0.6 is 11.6 Å². The minimum atomic E-state index is -0.567. The molecule has 0 bridgehead atoms. The Morgan fingerprint density at radius 2 is 1.67 bits per heavy atom. The molecule has 0 saturated heterocycles. The lowest BCUT2D eigenvalue weighted by Gasteiger charge is -2.36. The smallest absolute Gasteiger partial charge is 0.262 e. The number of ether oxygens (including phenoxy) is 3. The van der Waals surface area contributed by atoms with Crippen molar-refractivity contribution >= 4 is 34.8 Å². The van der Waals surface area contributed by atoms with Crippen molar-refractivity contribution < 1.29 is 28.6 Å². The Hall–Kier alpha value is -3.58. The molecule has 2 aromatic carbocycles. The molecule has 7 nitrogen and oxygen atoms in total. The van der Waals surface area contributed by atoms with Gasteiger partial charge in [0.2, 0.25) is 0 Å². The second kappa shape index (κ2) is 11.3. The Morgan fingerprint density at radius 1 is 1.00 bits per heavy atom. The van der Waals surface area contributed by atoms with Gasteiger partial charge in [-0.3, -0.25) is 14.4 Å². The van der Waals surface area contributed by atoms with Gasteiger partial charge in [-0.25, -0.2) is 0 Å². The first-order valence-electron chi connectivity index (χ1n) is 13.4. The molecule has 39 heavy (non-hydrogen) atoms. The number of hydrogen-bond donors (Lipinski definition) is 1. The third-order valence-corrected chi connectivity index (χ3v) is 7.81.